The minimum Gasteiger partial charge on any atom is -0.486 e. The third-order valence-corrected chi connectivity index (χ3v) is 2.88. The molecular formula is C11H10ClNOS. The second-order valence-electron chi connectivity index (χ2n) is 3.20. The summed E-state index contributed by atoms with van der Waals surface area (Å²) in [5.41, 5.74) is 3.84. The summed E-state index contributed by atoms with van der Waals surface area (Å²) in [7, 11) is 0. The number of benzene rings is 1. The molecule has 0 aliphatic carbocycles. The molecule has 78 valence electrons. The Bertz CT molecular complexity index is 442. The van der Waals surface area contributed by atoms with E-state index in [0.29, 0.717) is 17.4 Å². The molecule has 1 heterocycles. The van der Waals surface area contributed by atoms with Gasteiger partial charge in [0.1, 0.15) is 12.4 Å². The van der Waals surface area contributed by atoms with Gasteiger partial charge < -0.3 is 4.74 Å². The Kier molecular flexibility index (Phi) is 3.23. The van der Waals surface area contributed by atoms with Crippen molar-refractivity contribution in [3.8, 4) is 5.75 Å². The number of aryl methyl sites for hydroxylation is 1. The van der Waals surface area contributed by atoms with Gasteiger partial charge in [0.2, 0.25) is 0 Å². The van der Waals surface area contributed by atoms with Gasteiger partial charge in [-0.25, -0.2) is 4.98 Å². The van der Waals surface area contributed by atoms with Crippen LogP contribution in [0.4, 0.5) is 0 Å². The smallest absolute Gasteiger partial charge is 0.138 e. The van der Waals surface area contributed by atoms with E-state index in [2.05, 4.69) is 4.98 Å². The van der Waals surface area contributed by atoms with Gasteiger partial charge in [0, 0.05) is 5.38 Å². The van der Waals surface area contributed by atoms with Crippen LogP contribution in [-0.2, 0) is 6.61 Å². The first kappa shape index (κ1) is 10.5. The fourth-order valence-electron chi connectivity index (χ4n) is 1.18. The van der Waals surface area contributed by atoms with Gasteiger partial charge in [-0.2, -0.15) is 0 Å². The summed E-state index contributed by atoms with van der Waals surface area (Å²) in [5.74, 6) is 0.704. The molecule has 4 heteroatoms. The van der Waals surface area contributed by atoms with Crippen molar-refractivity contribution in [1.29, 1.82) is 0 Å². The topological polar surface area (TPSA) is 22.1 Å². The van der Waals surface area contributed by atoms with Gasteiger partial charge in [0.15, 0.2) is 0 Å². The highest BCUT2D eigenvalue weighted by molar-refractivity contribution is 7.07. The third-order valence-electron chi connectivity index (χ3n) is 1.95. The van der Waals surface area contributed by atoms with Gasteiger partial charge in [-0.1, -0.05) is 17.7 Å². The van der Waals surface area contributed by atoms with Crippen LogP contribution in [0.15, 0.2) is 29.1 Å². The fraction of sp³-hybridized carbons (Fsp3) is 0.182. The predicted octanol–water partition coefficient (Wildman–Crippen LogP) is 3.68. The zero-order valence-electron chi connectivity index (χ0n) is 8.24. The Morgan fingerprint density at radius 3 is 3.00 bits per heavy atom. The highest BCUT2D eigenvalue weighted by atomic mass is 35.5. The van der Waals surface area contributed by atoms with E-state index in [4.69, 9.17) is 16.3 Å². The second kappa shape index (κ2) is 4.64. The van der Waals surface area contributed by atoms with Crippen LogP contribution in [0.25, 0.3) is 0 Å². The molecule has 0 aliphatic rings. The SMILES string of the molecule is Cc1ccc(OCc2cscn2)c(Cl)c1. The number of ether oxygens (including phenoxy) is 1. The summed E-state index contributed by atoms with van der Waals surface area (Å²) in [6, 6.07) is 5.74. The highest BCUT2D eigenvalue weighted by Gasteiger charge is 2.02. The van der Waals surface area contributed by atoms with Crippen LogP contribution in [0.2, 0.25) is 5.02 Å². The Labute approximate surface area is 97.5 Å². The maximum atomic E-state index is 6.03. The average Bonchev–Trinajstić information content (AvgIpc) is 2.69. The van der Waals surface area contributed by atoms with Crippen molar-refractivity contribution in [2.24, 2.45) is 0 Å². The summed E-state index contributed by atoms with van der Waals surface area (Å²) >= 11 is 7.58. The first-order chi connectivity index (χ1) is 7.25. The maximum absolute atomic E-state index is 6.03. The summed E-state index contributed by atoms with van der Waals surface area (Å²) in [4.78, 5) is 4.13. The van der Waals surface area contributed by atoms with Crippen molar-refractivity contribution >= 4 is 22.9 Å². The Hall–Kier alpha value is -1.06. The number of nitrogens with zero attached hydrogens (tertiary/aromatic N) is 1. The van der Waals surface area contributed by atoms with Crippen molar-refractivity contribution < 1.29 is 4.74 Å². The molecule has 2 rings (SSSR count). The van der Waals surface area contributed by atoms with Gasteiger partial charge in [0.25, 0.3) is 0 Å². The van der Waals surface area contributed by atoms with Crippen LogP contribution in [0, 0.1) is 6.92 Å². The molecule has 0 atom stereocenters. The van der Waals surface area contributed by atoms with Crippen LogP contribution in [0.1, 0.15) is 11.3 Å². The minimum atomic E-state index is 0.465. The van der Waals surface area contributed by atoms with Gasteiger partial charge in [-0.3, -0.25) is 0 Å². The molecule has 0 saturated carbocycles. The number of aromatic nitrogens is 1. The summed E-state index contributed by atoms with van der Waals surface area (Å²) in [6.45, 7) is 2.46. The summed E-state index contributed by atoms with van der Waals surface area (Å²) < 4.78 is 5.55. The molecule has 2 nitrogen and oxygen atoms in total. The number of rotatable bonds is 3. The third kappa shape index (κ3) is 2.70. The first-order valence-electron chi connectivity index (χ1n) is 4.52. The zero-order valence-corrected chi connectivity index (χ0v) is 9.81. The van der Waals surface area contributed by atoms with Crippen LogP contribution in [-0.4, -0.2) is 4.98 Å². The molecule has 1 aromatic carbocycles. The number of hydrogen-bond acceptors (Lipinski definition) is 3. The highest BCUT2D eigenvalue weighted by Crippen LogP contribution is 2.25. The zero-order chi connectivity index (χ0) is 10.7. The first-order valence-corrected chi connectivity index (χ1v) is 5.84. The van der Waals surface area contributed by atoms with E-state index in [1.807, 2.05) is 30.5 Å². The van der Waals surface area contributed by atoms with E-state index in [0.717, 1.165) is 11.3 Å². The molecule has 0 fully saturated rings. The Morgan fingerprint density at radius 1 is 1.47 bits per heavy atom. The van der Waals surface area contributed by atoms with Crippen LogP contribution in [0.5, 0.6) is 5.75 Å². The van der Waals surface area contributed by atoms with Gasteiger partial charge in [0.05, 0.1) is 16.2 Å². The lowest BCUT2D eigenvalue weighted by Crippen LogP contribution is -1.95. The molecule has 0 spiro atoms. The van der Waals surface area contributed by atoms with Crippen LogP contribution >= 0.6 is 22.9 Å². The lowest BCUT2D eigenvalue weighted by Gasteiger charge is -2.06. The van der Waals surface area contributed by atoms with Crippen LogP contribution in [0.3, 0.4) is 0 Å². The molecule has 15 heavy (non-hydrogen) atoms. The predicted molar refractivity (Wildman–Crippen MR) is 62.6 cm³/mol. The van der Waals surface area contributed by atoms with Crippen molar-refractivity contribution in [3.63, 3.8) is 0 Å². The molecule has 2 aromatic rings. The van der Waals surface area contributed by atoms with Gasteiger partial charge in [-0.15, -0.1) is 11.3 Å². The standard InChI is InChI=1S/C11H10ClNOS/c1-8-2-3-11(10(12)4-8)14-5-9-6-15-7-13-9/h2-4,6-7H,5H2,1H3. The molecule has 0 bridgehead atoms. The van der Waals surface area contributed by atoms with E-state index in [-0.39, 0.29) is 0 Å². The van der Waals surface area contributed by atoms with E-state index in [9.17, 15) is 0 Å². The van der Waals surface area contributed by atoms with Crippen LogP contribution < -0.4 is 4.74 Å². The Morgan fingerprint density at radius 2 is 2.33 bits per heavy atom. The molecule has 1 aromatic heterocycles. The lowest BCUT2D eigenvalue weighted by atomic mass is 10.2. The monoisotopic (exact) mass is 239 g/mol. The quantitative estimate of drug-likeness (QED) is 0.815. The van der Waals surface area contributed by atoms with Crippen molar-refractivity contribution in [2.45, 2.75) is 13.5 Å². The molecular weight excluding hydrogens is 230 g/mol. The molecule has 0 amide bonds. The van der Waals surface area contributed by atoms with E-state index in [1.165, 1.54) is 0 Å². The Balaban J connectivity index is 2.05. The average molecular weight is 240 g/mol. The van der Waals surface area contributed by atoms with Crippen molar-refractivity contribution in [3.05, 3.63) is 45.4 Å². The maximum Gasteiger partial charge on any atom is 0.138 e. The second-order valence-corrected chi connectivity index (χ2v) is 4.33. The largest absolute Gasteiger partial charge is 0.486 e. The normalized spacial score (nSPS) is 10.3. The fourth-order valence-corrected chi connectivity index (χ4v) is 2.02. The van der Waals surface area contributed by atoms with E-state index in [1.54, 1.807) is 16.8 Å². The van der Waals surface area contributed by atoms with Crippen molar-refractivity contribution in [1.82, 2.24) is 4.98 Å². The summed E-state index contributed by atoms with van der Waals surface area (Å²) in [6.07, 6.45) is 0. The molecule has 0 saturated heterocycles. The summed E-state index contributed by atoms with van der Waals surface area (Å²) in [5, 5.41) is 2.60. The lowest BCUT2D eigenvalue weighted by molar-refractivity contribution is 0.302. The number of halogens is 1. The van der Waals surface area contributed by atoms with Gasteiger partial charge in [-0.05, 0) is 24.6 Å². The van der Waals surface area contributed by atoms with Crippen molar-refractivity contribution in [2.75, 3.05) is 0 Å². The number of hydrogen-bond donors (Lipinski definition) is 0. The number of thiazole rings is 1. The van der Waals surface area contributed by atoms with E-state index < -0.39 is 0 Å². The van der Waals surface area contributed by atoms with E-state index >= 15 is 0 Å². The van der Waals surface area contributed by atoms with Gasteiger partial charge >= 0.3 is 0 Å². The molecule has 0 aliphatic heterocycles. The molecule has 0 unspecified atom stereocenters. The molecule has 0 radical (unpaired) electrons. The molecule has 0 N–H and O–H groups in total. The minimum absolute atomic E-state index is 0.465.